The first-order chi connectivity index (χ1) is 15.5. The van der Waals surface area contributed by atoms with Gasteiger partial charge in [-0.2, -0.15) is 0 Å². The van der Waals surface area contributed by atoms with E-state index in [9.17, 15) is 14.4 Å². The van der Waals surface area contributed by atoms with Crippen molar-refractivity contribution >= 4 is 17.5 Å². The Labute approximate surface area is 186 Å². The number of carbonyl (C=O) groups is 2. The summed E-state index contributed by atoms with van der Waals surface area (Å²) < 4.78 is 1.44. The summed E-state index contributed by atoms with van der Waals surface area (Å²) >= 11 is 0. The number of carbonyl (C=O) groups excluding carboxylic acids is 2. The smallest absolute Gasteiger partial charge is 0.254 e. The summed E-state index contributed by atoms with van der Waals surface area (Å²) in [6.07, 6.45) is 3.58. The minimum Gasteiger partial charge on any atom is -0.334 e. The Morgan fingerprint density at radius 3 is 2.59 bits per heavy atom. The number of likely N-dealkylation sites (tertiary alicyclic amines) is 1. The molecule has 0 unspecified atom stereocenters. The van der Waals surface area contributed by atoms with E-state index in [0.717, 1.165) is 17.7 Å². The lowest BCUT2D eigenvalue weighted by atomic mass is 9.73. The molecule has 0 radical (unpaired) electrons. The number of benzene rings is 2. The van der Waals surface area contributed by atoms with Crippen LogP contribution in [0.1, 0.15) is 34.3 Å². The van der Waals surface area contributed by atoms with Crippen LogP contribution < -0.4 is 10.9 Å². The standard InChI is InChI=1S/C26H25N3O3/c1-28-15-13-19(17-23(28)30)24(31)29-16-14-26(20-9-5-6-10-21(20)27-25(26)32)22(29)12-11-18-7-3-2-4-8-18/h2-10,13,15,17,22H,11-12,14,16H2,1H3,(H,27,32)/t22-,26-/m0/s1. The normalized spacial score (nSPS) is 21.6. The van der Waals surface area contributed by atoms with Gasteiger partial charge in [-0.05, 0) is 42.5 Å². The highest BCUT2D eigenvalue weighted by atomic mass is 16.2. The van der Waals surface area contributed by atoms with Gasteiger partial charge in [0, 0.05) is 37.1 Å². The Bertz CT molecular complexity index is 1250. The molecular formula is C26H25N3O3. The zero-order valence-corrected chi connectivity index (χ0v) is 18.0. The Morgan fingerprint density at radius 1 is 1.06 bits per heavy atom. The number of aryl methyl sites for hydroxylation is 2. The predicted octanol–water partition coefficient (Wildman–Crippen LogP) is 3.12. The topological polar surface area (TPSA) is 71.4 Å². The molecule has 1 aromatic heterocycles. The number of nitrogens with one attached hydrogen (secondary N) is 1. The number of amides is 2. The van der Waals surface area contributed by atoms with Crippen LogP contribution >= 0.6 is 0 Å². The fourth-order valence-corrected chi connectivity index (χ4v) is 5.24. The Balaban J connectivity index is 1.55. The molecule has 2 atom stereocenters. The second-order valence-corrected chi connectivity index (χ2v) is 8.62. The van der Waals surface area contributed by atoms with E-state index in [1.54, 1.807) is 24.2 Å². The van der Waals surface area contributed by atoms with E-state index in [4.69, 9.17) is 0 Å². The van der Waals surface area contributed by atoms with Gasteiger partial charge >= 0.3 is 0 Å². The van der Waals surface area contributed by atoms with Crippen molar-refractivity contribution in [3.05, 3.63) is 100.0 Å². The highest BCUT2D eigenvalue weighted by molar-refractivity contribution is 6.08. The number of para-hydroxylation sites is 1. The van der Waals surface area contributed by atoms with Crippen LogP contribution in [0.25, 0.3) is 0 Å². The molecule has 2 aliphatic rings. The monoisotopic (exact) mass is 427 g/mol. The maximum Gasteiger partial charge on any atom is 0.254 e. The third kappa shape index (κ3) is 3.14. The Hall–Kier alpha value is -3.67. The molecule has 6 nitrogen and oxygen atoms in total. The summed E-state index contributed by atoms with van der Waals surface area (Å²) in [6, 6.07) is 20.6. The fourth-order valence-electron chi connectivity index (χ4n) is 5.24. The Kier molecular flexibility index (Phi) is 4.93. The van der Waals surface area contributed by atoms with Crippen LogP contribution in [0, 0.1) is 0 Å². The van der Waals surface area contributed by atoms with E-state index in [-0.39, 0.29) is 23.4 Å². The summed E-state index contributed by atoms with van der Waals surface area (Å²) in [7, 11) is 1.66. The van der Waals surface area contributed by atoms with Crippen molar-refractivity contribution < 1.29 is 9.59 Å². The second kappa shape index (κ2) is 7.79. The molecule has 32 heavy (non-hydrogen) atoms. The molecule has 1 saturated heterocycles. The predicted molar refractivity (Wildman–Crippen MR) is 123 cm³/mol. The van der Waals surface area contributed by atoms with Crippen molar-refractivity contribution in [2.75, 3.05) is 11.9 Å². The number of hydrogen-bond donors (Lipinski definition) is 1. The van der Waals surface area contributed by atoms with Crippen LogP contribution in [0.15, 0.2) is 77.7 Å². The van der Waals surface area contributed by atoms with E-state index in [1.165, 1.54) is 16.2 Å². The number of fused-ring (bicyclic) bond motifs is 2. The molecule has 0 saturated carbocycles. The second-order valence-electron chi connectivity index (χ2n) is 8.62. The molecule has 0 bridgehead atoms. The van der Waals surface area contributed by atoms with E-state index in [2.05, 4.69) is 17.4 Å². The third-order valence-corrected chi connectivity index (χ3v) is 6.91. The summed E-state index contributed by atoms with van der Waals surface area (Å²) in [5, 5.41) is 3.04. The highest BCUT2D eigenvalue weighted by Gasteiger charge is 2.58. The number of rotatable bonds is 4. The first-order valence-corrected chi connectivity index (χ1v) is 10.9. The van der Waals surface area contributed by atoms with Crippen LogP contribution in [0.2, 0.25) is 0 Å². The van der Waals surface area contributed by atoms with Crippen LogP contribution in [-0.4, -0.2) is 33.9 Å². The SMILES string of the molecule is Cn1ccc(C(=O)N2CC[C@@]3(C(=O)Nc4ccccc43)[C@@H]2CCc2ccccc2)cc1=O. The molecule has 5 rings (SSSR count). The summed E-state index contributed by atoms with van der Waals surface area (Å²) in [5.41, 5.74) is 2.31. The number of hydrogen-bond acceptors (Lipinski definition) is 3. The van der Waals surface area contributed by atoms with E-state index in [1.807, 2.05) is 42.5 Å². The first-order valence-electron chi connectivity index (χ1n) is 10.9. The zero-order valence-electron chi connectivity index (χ0n) is 18.0. The summed E-state index contributed by atoms with van der Waals surface area (Å²) in [6.45, 7) is 0.468. The minimum absolute atomic E-state index is 0.0453. The number of anilines is 1. The van der Waals surface area contributed by atoms with Crippen molar-refractivity contribution in [1.82, 2.24) is 9.47 Å². The van der Waals surface area contributed by atoms with Gasteiger partial charge in [-0.25, -0.2) is 0 Å². The van der Waals surface area contributed by atoms with Gasteiger partial charge in [-0.15, -0.1) is 0 Å². The molecule has 6 heteroatoms. The lowest BCUT2D eigenvalue weighted by Gasteiger charge is -2.34. The lowest BCUT2D eigenvalue weighted by molar-refractivity contribution is -0.121. The molecule has 0 aliphatic carbocycles. The van der Waals surface area contributed by atoms with E-state index in [0.29, 0.717) is 24.9 Å². The number of aromatic nitrogens is 1. The molecule has 3 aromatic rings. The van der Waals surface area contributed by atoms with Crippen LogP contribution in [0.5, 0.6) is 0 Å². The van der Waals surface area contributed by atoms with Crippen LogP contribution in [0.4, 0.5) is 5.69 Å². The van der Waals surface area contributed by atoms with Crippen molar-refractivity contribution in [3.63, 3.8) is 0 Å². The Morgan fingerprint density at radius 2 is 1.81 bits per heavy atom. The maximum absolute atomic E-state index is 13.5. The lowest BCUT2D eigenvalue weighted by Crippen LogP contribution is -2.49. The van der Waals surface area contributed by atoms with Crippen molar-refractivity contribution in [3.8, 4) is 0 Å². The van der Waals surface area contributed by atoms with Gasteiger partial charge < -0.3 is 14.8 Å². The average molecular weight is 428 g/mol. The average Bonchev–Trinajstić information content (AvgIpc) is 3.33. The van der Waals surface area contributed by atoms with Crippen molar-refractivity contribution in [2.24, 2.45) is 7.05 Å². The molecule has 162 valence electrons. The van der Waals surface area contributed by atoms with Crippen molar-refractivity contribution in [2.45, 2.75) is 30.7 Å². The van der Waals surface area contributed by atoms with Gasteiger partial charge in [0.15, 0.2) is 0 Å². The molecule has 3 heterocycles. The zero-order chi connectivity index (χ0) is 22.3. The van der Waals surface area contributed by atoms with E-state index < -0.39 is 5.41 Å². The molecule has 1 N–H and O–H groups in total. The van der Waals surface area contributed by atoms with Crippen molar-refractivity contribution in [1.29, 1.82) is 0 Å². The van der Waals surface area contributed by atoms with Gasteiger partial charge in [0.2, 0.25) is 5.91 Å². The van der Waals surface area contributed by atoms with Gasteiger partial charge in [-0.3, -0.25) is 14.4 Å². The quantitative estimate of drug-likeness (QED) is 0.696. The maximum atomic E-state index is 13.5. The number of nitrogens with zero attached hydrogens (tertiary/aromatic N) is 2. The van der Waals surface area contributed by atoms with Gasteiger partial charge in [0.1, 0.15) is 0 Å². The van der Waals surface area contributed by atoms with Gasteiger partial charge in [-0.1, -0.05) is 48.5 Å². The fraction of sp³-hybridized carbons (Fsp3) is 0.269. The molecule has 1 fully saturated rings. The summed E-state index contributed by atoms with van der Waals surface area (Å²) in [4.78, 5) is 40.9. The highest BCUT2D eigenvalue weighted by Crippen LogP contribution is 2.49. The van der Waals surface area contributed by atoms with Gasteiger partial charge in [0.25, 0.3) is 11.5 Å². The largest absolute Gasteiger partial charge is 0.334 e. The van der Waals surface area contributed by atoms with Crippen LogP contribution in [0.3, 0.4) is 0 Å². The first kappa shape index (κ1) is 20.2. The van der Waals surface area contributed by atoms with Crippen LogP contribution in [-0.2, 0) is 23.7 Å². The van der Waals surface area contributed by atoms with Gasteiger partial charge in [0.05, 0.1) is 11.5 Å². The molecule has 2 amide bonds. The molecule has 1 spiro atoms. The molecule has 2 aromatic carbocycles. The molecular weight excluding hydrogens is 402 g/mol. The molecule has 2 aliphatic heterocycles. The van der Waals surface area contributed by atoms with E-state index >= 15 is 0 Å². The minimum atomic E-state index is -0.777. The number of pyridine rings is 1. The third-order valence-electron chi connectivity index (χ3n) is 6.91. The summed E-state index contributed by atoms with van der Waals surface area (Å²) in [5.74, 6) is -0.245.